The van der Waals surface area contributed by atoms with E-state index in [0.717, 1.165) is 12.1 Å². The molecule has 0 aliphatic heterocycles. The Hall–Kier alpha value is -1.07. The first-order valence-corrected chi connectivity index (χ1v) is 4.12. The average Bonchev–Trinajstić information content (AvgIpc) is 1.86. The Morgan fingerprint density at radius 2 is 2.09 bits per heavy atom. The number of hydrogen-bond acceptors (Lipinski definition) is 3. The van der Waals surface area contributed by atoms with Gasteiger partial charge in [-0.05, 0) is 18.2 Å². The van der Waals surface area contributed by atoms with Crippen LogP contribution in [0.1, 0.15) is 0 Å². The molecule has 0 heterocycles. The van der Waals surface area contributed by atoms with Crippen molar-refractivity contribution >= 4 is 10.1 Å². The number of aromatic hydroxyl groups is 1. The smallest absolute Gasteiger partial charge is 0.298 e. The lowest BCUT2D eigenvalue weighted by atomic mass is 10.3. The minimum atomic E-state index is -4.30. The summed E-state index contributed by atoms with van der Waals surface area (Å²) in [6, 6.07) is 5.85. The summed E-state index contributed by atoms with van der Waals surface area (Å²) < 4.78 is 29.3. The van der Waals surface area contributed by atoms with Crippen LogP contribution >= 0.6 is 0 Å². The predicted octanol–water partition coefficient (Wildman–Crippen LogP) is 0.439. The molecule has 0 atom stereocenters. The van der Waals surface area contributed by atoms with E-state index in [1.165, 1.54) is 6.07 Å². The molecule has 0 aromatic heterocycles. The summed E-state index contributed by atoms with van der Waals surface area (Å²) in [6.07, 6.45) is 0. The van der Waals surface area contributed by atoms with Crippen LogP contribution in [-0.4, -0.2) is 18.1 Å². The summed E-state index contributed by atoms with van der Waals surface area (Å²) in [5.41, 5.74) is 0. The molecule has 5 heteroatoms. The van der Waals surface area contributed by atoms with Gasteiger partial charge in [-0.15, -0.1) is 0 Å². The molecule has 0 spiro atoms. The van der Waals surface area contributed by atoms with Gasteiger partial charge >= 0.3 is 0 Å². The van der Waals surface area contributed by atoms with Gasteiger partial charge < -0.3 is 5.11 Å². The summed E-state index contributed by atoms with van der Waals surface area (Å²) in [6.45, 7) is 0. The van der Waals surface area contributed by atoms with Gasteiger partial charge in [-0.1, -0.05) is 6.07 Å². The topological polar surface area (TPSA) is 74.6 Å². The Balaban J connectivity index is 3.37. The average molecular weight is 173 g/mol. The molecule has 0 unspecified atom stereocenters. The van der Waals surface area contributed by atoms with Gasteiger partial charge in [-0.25, -0.2) is 0 Å². The van der Waals surface area contributed by atoms with Crippen molar-refractivity contribution in [1.82, 2.24) is 0 Å². The molecule has 1 rings (SSSR count). The highest BCUT2D eigenvalue weighted by molar-refractivity contribution is 7.86. The van der Waals surface area contributed by atoms with Crippen molar-refractivity contribution in [1.29, 1.82) is 0 Å². The van der Waals surface area contributed by atoms with Gasteiger partial charge in [0.15, 0.2) is 0 Å². The van der Waals surface area contributed by atoms with Crippen LogP contribution in [0, 0.1) is 6.07 Å². The lowest BCUT2D eigenvalue weighted by molar-refractivity contribution is 0.443. The third-order valence-corrected chi connectivity index (χ3v) is 1.98. The van der Waals surface area contributed by atoms with E-state index in [2.05, 4.69) is 6.07 Å². The molecule has 0 amide bonds. The molecular weight excluding hydrogens is 168 g/mol. The van der Waals surface area contributed by atoms with E-state index in [1.54, 1.807) is 0 Å². The van der Waals surface area contributed by atoms with E-state index in [9.17, 15) is 8.42 Å². The molecule has 1 aromatic carbocycles. The molecule has 0 aliphatic rings. The maximum absolute atomic E-state index is 10.4. The van der Waals surface area contributed by atoms with E-state index in [-0.39, 0.29) is 0 Å². The number of phenolic OH excluding ortho intramolecular Hbond substituents is 1. The van der Waals surface area contributed by atoms with Gasteiger partial charge in [-0.3, -0.25) is 4.55 Å². The van der Waals surface area contributed by atoms with Crippen LogP contribution in [0.5, 0.6) is 5.75 Å². The van der Waals surface area contributed by atoms with Crippen LogP contribution in [0.2, 0.25) is 0 Å². The van der Waals surface area contributed by atoms with E-state index >= 15 is 0 Å². The van der Waals surface area contributed by atoms with Crippen molar-refractivity contribution in [3.05, 3.63) is 24.3 Å². The van der Waals surface area contributed by atoms with Crippen molar-refractivity contribution in [3.8, 4) is 5.75 Å². The normalized spacial score (nSPS) is 11.4. The molecule has 11 heavy (non-hydrogen) atoms. The summed E-state index contributed by atoms with van der Waals surface area (Å²) in [5.74, 6) is -0.505. The van der Waals surface area contributed by atoms with Crippen LogP contribution in [-0.2, 0) is 10.1 Å². The fourth-order valence-electron chi connectivity index (χ4n) is 0.625. The Labute approximate surface area is 63.9 Å². The largest absolute Gasteiger partial charge is 0.506 e. The minimum Gasteiger partial charge on any atom is -0.506 e. The van der Waals surface area contributed by atoms with Crippen LogP contribution in [0.4, 0.5) is 0 Å². The first-order valence-electron chi connectivity index (χ1n) is 2.68. The molecule has 0 bridgehead atoms. The zero-order valence-corrected chi connectivity index (χ0v) is 6.17. The van der Waals surface area contributed by atoms with E-state index < -0.39 is 20.8 Å². The SMILES string of the molecule is O=S(=O)(O)c1cc[c]cc1O. The lowest BCUT2D eigenvalue weighted by Gasteiger charge is -1.97. The molecule has 0 saturated carbocycles. The Bertz CT molecular complexity index is 355. The summed E-state index contributed by atoms with van der Waals surface area (Å²) in [7, 11) is -4.30. The van der Waals surface area contributed by atoms with Crippen LogP contribution < -0.4 is 0 Å². The van der Waals surface area contributed by atoms with Gasteiger partial charge in [-0.2, -0.15) is 8.42 Å². The third-order valence-electron chi connectivity index (χ3n) is 1.08. The number of benzene rings is 1. The van der Waals surface area contributed by atoms with Gasteiger partial charge in [0.2, 0.25) is 0 Å². The fraction of sp³-hybridized carbons (Fsp3) is 0. The van der Waals surface area contributed by atoms with Crippen LogP contribution in [0.15, 0.2) is 23.1 Å². The summed E-state index contributed by atoms with van der Waals surface area (Å²) in [5, 5.41) is 8.88. The minimum absolute atomic E-state index is 0.503. The first-order chi connectivity index (χ1) is 5.02. The highest BCUT2D eigenvalue weighted by atomic mass is 32.2. The quantitative estimate of drug-likeness (QED) is 0.604. The number of hydrogen-bond donors (Lipinski definition) is 2. The molecule has 1 aromatic rings. The van der Waals surface area contributed by atoms with E-state index in [0.29, 0.717) is 0 Å². The molecule has 59 valence electrons. The maximum atomic E-state index is 10.4. The van der Waals surface area contributed by atoms with Crippen molar-refractivity contribution in [2.24, 2.45) is 0 Å². The molecule has 2 N–H and O–H groups in total. The summed E-state index contributed by atoms with van der Waals surface area (Å²) >= 11 is 0. The first kappa shape index (κ1) is 8.03. The number of rotatable bonds is 1. The van der Waals surface area contributed by atoms with Crippen LogP contribution in [0.25, 0.3) is 0 Å². The van der Waals surface area contributed by atoms with E-state index in [1.807, 2.05) is 0 Å². The standard InChI is InChI=1S/C6H5O4S/c7-5-3-1-2-4-6(5)11(8,9)10/h2-4,7H,(H,8,9,10). The zero-order chi connectivity index (χ0) is 8.48. The number of phenols is 1. The molecule has 0 saturated heterocycles. The molecule has 0 fully saturated rings. The Morgan fingerprint density at radius 3 is 2.45 bits per heavy atom. The monoisotopic (exact) mass is 173 g/mol. The molecular formula is C6H5O4S. The lowest BCUT2D eigenvalue weighted by Crippen LogP contribution is -1.97. The second-order valence-corrected chi connectivity index (χ2v) is 3.26. The van der Waals surface area contributed by atoms with Crippen LogP contribution in [0.3, 0.4) is 0 Å². The summed E-state index contributed by atoms with van der Waals surface area (Å²) in [4.78, 5) is -0.503. The highest BCUT2D eigenvalue weighted by Gasteiger charge is 2.13. The fourth-order valence-corrected chi connectivity index (χ4v) is 1.19. The zero-order valence-electron chi connectivity index (χ0n) is 5.35. The van der Waals surface area contributed by atoms with E-state index in [4.69, 9.17) is 9.66 Å². The van der Waals surface area contributed by atoms with Gasteiger partial charge in [0.25, 0.3) is 10.1 Å². The maximum Gasteiger partial charge on any atom is 0.298 e. The van der Waals surface area contributed by atoms with Gasteiger partial charge in [0.1, 0.15) is 10.6 Å². The Kier molecular flexibility index (Phi) is 1.84. The molecule has 0 aliphatic carbocycles. The van der Waals surface area contributed by atoms with Crippen molar-refractivity contribution < 1.29 is 18.1 Å². The highest BCUT2D eigenvalue weighted by Crippen LogP contribution is 2.19. The van der Waals surface area contributed by atoms with Crippen molar-refractivity contribution in [2.75, 3.05) is 0 Å². The molecule has 4 nitrogen and oxygen atoms in total. The molecule has 1 radical (unpaired) electrons. The van der Waals surface area contributed by atoms with Crippen molar-refractivity contribution in [3.63, 3.8) is 0 Å². The van der Waals surface area contributed by atoms with Gasteiger partial charge in [0, 0.05) is 0 Å². The van der Waals surface area contributed by atoms with Crippen molar-refractivity contribution in [2.45, 2.75) is 4.90 Å². The predicted molar refractivity (Wildman–Crippen MR) is 36.8 cm³/mol. The third kappa shape index (κ3) is 1.69. The van der Waals surface area contributed by atoms with Gasteiger partial charge in [0.05, 0.1) is 0 Å². The second-order valence-electron chi connectivity index (χ2n) is 1.87. The Morgan fingerprint density at radius 1 is 1.45 bits per heavy atom. The second kappa shape index (κ2) is 2.52.